The van der Waals surface area contributed by atoms with Crippen LogP contribution in [-0.4, -0.2) is 17.7 Å². The number of aryl methyl sites for hydroxylation is 1. The number of carbonyl (C=O) groups excluding carboxylic acids is 1. The molecule has 3 nitrogen and oxygen atoms in total. The molecule has 0 amide bonds. The van der Waals surface area contributed by atoms with Gasteiger partial charge in [-0.25, -0.2) is 4.99 Å². The summed E-state index contributed by atoms with van der Waals surface area (Å²) in [4.78, 5) is 18.2. The minimum absolute atomic E-state index is 0.00719. The van der Waals surface area contributed by atoms with Gasteiger partial charge in [0.2, 0.25) is 0 Å². The Balaban J connectivity index is 2.02. The van der Waals surface area contributed by atoms with Crippen LogP contribution in [0.5, 0.6) is 5.75 Å². The number of halogens is 1. The summed E-state index contributed by atoms with van der Waals surface area (Å²) in [7, 11) is 0. The maximum atomic E-state index is 13.4. The first-order valence-electron chi connectivity index (χ1n) is 10.2. The monoisotopic (exact) mass is 431 g/mol. The van der Waals surface area contributed by atoms with Gasteiger partial charge in [0.1, 0.15) is 11.5 Å². The van der Waals surface area contributed by atoms with Crippen molar-refractivity contribution in [1.82, 2.24) is 0 Å². The molecule has 2 aliphatic carbocycles. The highest BCUT2D eigenvalue weighted by molar-refractivity contribution is 9.10. The molecule has 0 aromatic heterocycles. The number of hydrogen-bond acceptors (Lipinski definition) is 3. The normalized spacial score (nSPS) is 32.1. The number of rotatable bonds is 2. The van der Waals surface area contributed by atoms with E-state index in [1.807, 2.05) is 0 Å². The van der Waals surface area contributed by atoms with E-state index in [9.17, 15) is 4.79 Å². The summed E-state index contributed by atoms with van der Waals surface area (Å²) in [5.41, 5.74) is 4.10. The Bertz CT molecular complexity index is 841. The lowest BCUT2D eigenvalue weighted by Crippen LogP contribution is -2.32. The van der Waals surface area contributed by atoms with Crippen LogP contribution < -0.4 is 4.74 Å². The average molecular weight is 432 g/mol. The molecule has 146 valence electrons. The fraction of sp³-hybridized carbons (Fsp3) is 0.652. The standard InChI is InChI=1S/C23H30BrNO2/c1-11(2)14-7-8-23(6)10-16(26)20-17-15(18(14)23)9-13(5)19(24)21(17)27-22(25-20)12(3)4/h9,11-12,14,18,22H,7-8,10H2,1-6H3/t14?,18-,22+,23+/m1/s1. The van der Waals surface area contributed by atoms with Gasteiger partial charge in [-0.2, -0.15) is 0 Å². The second kappa shape index (κ2) is 6.43. The van der Waals surface area contributed by atoms with Crippen molar-refractivity contribution in [3.63, 3.8) is 0 Å². The van der Waals surface area contributed by atoms with Gasteiger partial charge in [0.15, 0.2) is 12.0 Å². The summed E-state index contributed by atoms with van der Waals surface area (Å²) in [5, 5.41) is 0. The number of aliphatic imine (C=N–C) groups is 1. The summed E-state index contributed by atoms with van der Waals surface area (Å²) in [5.74, 6) is 2.81. The molecule has 0 spiro atoms. The summed E-state index contributed by atoms with van der Waals surface area (Å²) in [6, 6.07) is 2.29. The minimum Gasteiger partial charge on any atom is -0.467 e. The Labute approximate surface area is 171 Å². The molecule has 0 bridgehead atoms. The van der Waals surface area contributed by atoms with Gasteiger partial charge in [-0.05, 0) is 70.0 Å². The van der Waals surface area contributed by atoms with Crippen molar-refractivity contribution >= 4 is 27.4 Å². The van der Waals surface area contributed by atoms with Crippen LogP contribution in [0, 0.1) is 30.1 Å². The van der Waals surface area contributed by atoms with Crippen molar-refractivity contribution in [2.24, 2.45) is 28.2 Å². The molecule has 1 aromatic carbocycles. The second-order valence-electron chi connectivity index (χ2n) is 9.71. The van der Waals surface area contributed by atoms with E-state index in [1.165, 1.54) is 17.5 Å². The van der Waals surface area contributed by atoms with E-state index in [-0.39, 0.29) is 23.3 Å². The van der Waals surface area contributed by atoms with Crippen LogP contribution in [0.3, 0.4) is 0 Å². The average Bonchev–Trinajstić information content (AvgIpc) is 2.90. The number of Topliss-reactive ketones (excluding diaryl/α,β-unsaturated/α-hetero) is 1. The van der Waals surface area contributed by atoms with Crippen molar-refractivity contribution in [1.29, 1.82) is 0 Å². The fourth-order valence-electron chi connectivity index (χ4n) is 5.53. The van der Waals surface area contributed by atoms with Gasteiger partial charge in [-0.3, -0.25) is 4.79 Å². The number of carbonyl (C=O) groups is 1. The van der Waals surface area contributed by atoms with E-state index >= 15 is 0 Å². The topological polar surface area (TPSA) is 38.7 Å². The van der Waals surface area contributed by atoms with Gasteiger partial charge in [0.05, 0.1) is 10.0 Å². The Morgan fingerprint density at radius 1 is 1.26 bits per heavy atom. The van der Waals surface area contributed by atoms with Gasteiger partial charge in [-0.15, -0.1) is 0 Å². The third kappa shape index (κ3) is 2.82. The molecule has 1 saturated carbocycles. The first-order valence-corrected chi connectivity index (χ1v) is 11.0. The Morgan fingerprint density at radius 2 is 1.96 bits per heavy atom. The first-order chi connectivity index (χ1) is 12.6. The smallest absolute Gasteiger partial charge is 0.192 e. The van der Waals surface area contributed by atoms with Gasteiger partial charge in [0.25, 0.3) is 0 Å². The van der Waals surface area contributed by atoms with Gasteiger partial charge in [0, 0.05) is 12.3 Å². The first kappa shape index (κ1) is 19.2. The molecule has 0 radical (unpaired) electrons. The number of ether oxygens (including phenoxy) is 1. The van der Waals surface area contributed by atoms with E-state index in [4.69, 9.17) is 9.73 Å². The lowest BCUT2D eigenvalue weighted by Gasteiger charge is -2.36. The SMILES string of the molecule is Cc1cc2c3c(c1Br)O[C@@H](C(C)C)N=C3C(=O)C[C@]1(C)CCC(C(C)C)[C@H]21. The largest absolute Gasteiger partial charge is 0.467 e. The van der Waals surface area contributed by atoms with E-state index in [1.54, 1.807) is 0 Å². The zero-order valence-electron chi connectivity index (χ0n) is 17.2. The molecule has 0 saturated heterocycles. The van der Waals surface area contributed by atoms with E-state index < -0.39 is 0 Å². The van der Waals surface area contributed by atoms with Crippen LogP contribution in [-0.2, 0) is 4.79 Å². The summed E-state index contributed by atoms with van der Waals surface area (Å²) in [6.07, 6.45) is 2.60. The molecule has 3 aliphatic rings. The summed E-state index contributed by atoms with van der Waals surface area (Å²) in [6.45, 7) is 13.3. The highest BCUT2D eigenvalue weighted by Gasteiger charge is 2.52. The number of benzene rings is 1. The Kier molecular flexibility index (Phi) is 4.57. The molecule has 27 heavy (non-hydrogen) atoms. The van der Waals surface area contributed by atoms with E-state index in [0.29, 0.717) is 29.9 Å². The van der Waals surface area contributed by atoms with Crippen molar-refractivity contribution in [2.45, 2.75) is 73.0 Å². The molecule has 1 fully saturated rings. The molecule has 1 unspecified atom stereocenters. The van der Waals surface area contributed by atoms with Crippen LogP contribution in [0.25, 0.3) is 0 Å². The summed E-state index contributed by atoms with van der Waals surface area (Å²) >= 11 is 3.74. The molecule has 4 heteroatoms. The van der Waals surface area contributed by atoms with Crippen LogP contribution in [0.15, 0.2) is 15.5 Å². The highest BCUT2D eigenvalue weighted by Crippen LogP contribution is 2.60. The van der Waals surface area contributed by atoms with E-state index in [0.717, 1.165) is 22.2 Å². The second-order valence-corrected chi connectivity index (χ2v) is 10.5. The molecular formula is C23H30BrNO2. The van der Waals surface area contributed by atoms with Crippen molar-refractivity contribution < 1.29 is 9.53 Å². The number of nitrogens with zero attached hydrogens (tertiary/aromatic N) is 1. The lowest BCUT2D eigenvalue weighted by molar-refractivity contribution is -0.115. The minimum atomic E-state index is -0.297. The summed E-state index contributed by atoms with van der Waals surface area (Å²) < 4.78 is 7.31. The van der Waals surface area contributed by atoms with Crippen LogP contribution >= 0.6 is 15.9 Å². The zero-order valence-corrected chi connectivity index (χ0v) is 18.8. The highest BCUT2D eigenvalue weighted by atomic mass is 79.9. The number of ketones is 1. The van der Waals surface area contributed by atoms with Crippen molar-refractivity contribution in [3.8, 4) is 5.75 Å². The molecule has 1 heterocycles. The quantitative estimate of drug-likeness (QED) is 0.571. The molecular weight excluding hydrogens is 402 g/mol. The Morgan fingerprint density at radius 3 is 2.59 bits per heavy atom. The number of fused-ring (bicyclic) bond motifs is 2. The lowest BCUT2D eigenvalue weighted by atomic mass is 9.69. The van der Waals surface area contributed by atoms with Crippen molar-refractivity contribution in [3.05, 3.63) is 27.2 Å². The molecule has 4 rings (SSSR count). The fourth-order valence-corrected chi connectivity index (χ4v) is 5.94. The molecule has 0 N–H and O–H groups in total. The Hall–Kier alpha value is -1.16. The van der Waals surface area contributed by atoms with Gasteiger partial charge in [-0.1, -0.05) is 40.7 Å². The zero-order chi connectivity index (χ0) is 19.7. The maximum Gasteiger partial charge on any atom is 0.192 e. The predicted molar refractivity (Wildman–Crippen MR) is 113 cm³/mol. The third-order valence-corrected chi connectivity index (χ3v) is 7.97. The molecule has 4 atom stereocenters. The number of hydrogen-bond donors (Lipinski definition) is 0. The van der Waals surface area contributed by atoms with Crippen LogP contribution in [0.4, 0.5) is 0 Å². The van der Waals surface area contributed by atoms with Crippen LogP contribution in [0.1, 0.15) is 76.5 Å². The van der Waals surface area contributed by atoms with Gasteiger partial charge < -0.3 is 4.74 Å². The molecule has 1 aromatic rings. The maximum absolute atomic E-state index is 13.4. The third-order valence-electron chi connectivity index (χ3n) is 6.98. The van der Waals surface area contributed by atoms with Crippen molar-refractivity contribution in [2.75, 3.05) is 0 Å². The van der Waals surface area contributed by atoms with Gasteiger partial charge >= 0.3 is 0 Å². The molecule has 1 aliphatic heterocycles. The van der Waals surface area contributed by atoms with Crippen LogP contribution in [0.2, 0.25) is 0 Å². The van der Waals surface area contributed by atoms with E-state index in [2.05, 4.69) is 63.5 Å². The predicted octanol–water partition coefficient (Wildman–Crippen LogP) is 6.05.